The Morgan fingerprint density at radius 3 is 2.86 bits per heavy atom. The fourth-order valence-corrected chi connectivity index (χ4v) is 6.37. The largest absolute Gasteiger partial charge is 0.326 e. The van der Waals surface area contributed by atoms with Crippen LogP contribution in [0, 0.1) is 6.92 Å². The predicted molar refractivity (Wildman–Crippen MR) is 115 cm³/mol. The Morgan fingerprint density at radius 1 is 1.14 bits per heavy atom. The number of fused-ring (bicyclic) bond motifs is 1. The summed E-state index contributed by atoms with van der Waals surface area (Å²) in [7, 11) is 0. The second-order valence-electron chi connectivity index (χ2n) is 6.61. The predicted octanol–water partition coefficient (Wildman–Crippen LogP) is 5.42. The quantitative estimate of drug-likeness (QED) is 0.442. The normalized spacial score (nSPS) is 16.2. The molecule has 0 fully saturated rings. The third-order valence-electron chi connectivity index (χ3n) is 4.91. The molecule has 5 heterocycles. The first kappa shape index (κ1) is 17.7. The molecule has 1 aliphatic rings. The van der Waals surface area contributed by atoms with Gasteiger partial charge in [0.25, 0.3) is 5.91 Å². The summed E-state index contributed by atoms with van der Waals surface area (Å²) in [6.07, 6.45) is 2.66. The Balaban J connectivity index is 1.54. The zero-order valence-electron chi connectivity index (χ0n) is 15.2. The number of pyridine rings is 1. The molecule has 0 saturated carbocycles. The van der Waals surface area contributed by atoms with Crippen LogP contribution >= 0.6 is 34.0 Å². The molecule has 0 N–H and O–H groups in total. The molecule has 0 unspecified atom stereocenters. The van der Waals surface area contributed by atoms with Crippen molar-refractivity contribution < 1.29 is 4.79 Å². The molecule has 0 spiro atoms. The minimum atomic E-state index is -0.0118. The summed E-state index contributed by atoms with van der Waals surface area (Å²) in [6.45, 7) is 2.64. The van der Waals surface area contributed by atoms with E-state index in [4.69, 9.17) is 0 Å². The molecule has 0 bridgehead atoms. The lowest BCUT2D eigenvalue weighted by Crippen LogP contribution is -2.39. The van der Waals surface area contributed by atoms with E-state index in [-0.39, 0.29) is 11.9 Å². The second kappa shape index (κ2) is 7.24. The molecule has 1 amide bonds. The van der Waals surface area contributed by atoms with Crippen LogP contribution in [0.5, 0.6) is 0 Å². The molecule has 1 atom stereocenters. The third kappa shape index (κ3) is 2.99. The third-order valence-corrected chi connectivity index (χ3v) is 8.00. The maximum atomic E-state index is 13.6. The Hall–Kier alpha value is -2.35. The molecule has 4 nitrogen and oxygen atoms in total. The van der Waals surface area contributed by atoms with E-state index in [1.165, 1.54) is 26.7 Å². The summed E-state index contributed by atoms with van der Waals surface area (Å²) in [5, 5.41) is 5.01. The van der Waals surface area contributed by atoms with Crippen LogP contribution < -0.4 is 0 Å². The molecule has 4 aromatic heterocycles. The molecular formula is C21H17N3OS3. The lowest BCUT2D eigenvalue weighted by Gasteiger charge is -2.35. The highest BCUT2D eigenvalue weighted by atomic mass is 32.1. The van der Waals surface area contributed by atoms with E-state index in [1.807, 2.05) is 30.0 Å². The summed E-state index contributed by atoms with van der Waals surface area (Å²) in [6, 6.07) is 12.1. The molecule has 4 aromatic rings. The van der Waals surface area contributed by atoms with Gasteiger partial charge in [-0.25, -0.2) is 4.98 Å². The highest BCUT2D eigenvalue weighted by molar-refractivity contribution is 7.17. The molecule has 140 valence electrons. The number of rotatable bonds is 3. The van der Waals surface area contributed by atoms with Crippen molar-refractivity contribution >= 4 is 39.9 Å². The van der Waals surface area contributed by atoms with Crippen LogP contribution in [0.2, 0.25) is 0 Å². The van der Waals surface area contributed by atoms with Gasteiger partial charge in [0, 0.05) is 22.5 Å². The van der Waals surface area contributed by atoms with E-state index < -0.39 is 0 Å². The van der Waals surface area contributed by atoms with Crippen LogP contribution in [0.1, 0.15) is 36.7 Å². The number of thiazole rings is 1. The zero-order valence-corrected chi connectivity index (χ0v) is 17.6. The topological polar surface area (TPSA) is 46.1 Å². The van der Waals surface area contributed by atoms with Gasteiger partial charge in [0.15, 0.2) is 0 Å². The standard InChI is InChI=1S/C21H17N3OS3/c1-13-19(28-20(23-13)15-5-2-3-9-22-15)21(25)24-10-7-16-14(8-12-27-16)18(24)17-6-4-11-26-17/h2-6,8-9,11-12,18H,7,10H2,1H3/t18-/m1/s1. The van der Waals surface area contributed by atoms with Crippen LogP contribution in [0.25, 0.3) is 10.7 Å². The van der Waals surface area contributed by atoms with Gasteiger partial charge in [-0.1, -0.05) is 12.1 Å². The number of thiophene rings is 2. The SMILES string of the molecule is Cc1nc(-c2ccccn2)sc1C(=O)N1CCc2sccc2[C@@H]1c1cccs1. The summed E-state index contributed by atoms with van der Waals surface area (Å²) < 4.78 is 0. The van der Waals surface area contributed by atoms with Gasteiger partial charge < -0.3 is 4.90 Å². The number of carbonyl (C=O) groups is 1. The molecule has 0 saturated heterocycles. The van der Waals surface area contributed by atoms with Gasteiger partial charge >= 0.3 is 0 Å². The van der Waals surface area contributed by atoms with Gasteiger partial charge in [-0.2, -0.15) is 0 Å². The number of nitrogens with zero attached hydrogens (tertiary/aromatic N) is 3. The zero-order chi connectivity index (χ0) is 19.1. The summed E-state index contributed by atoms with van der Waals surface area (Å²) in [5.74, 6) is 0.0624. The van der Waals surface area contributed by atoms with E-state index >= 15 is 0 Å². The molecule has 0 radical (unpaired) electrons. The van der Waals surface area contributed by atoms with Gasteiger partial charge in [0.1, 0.15) is 9.88 Å². The minimum absolute atomic E-state index is 0.0118. The van der Waals surface area contributed by atoms with E-state index in [1.54, 1.807) is 28.9 Å². The average molecular weight is 424 g/mol. The van der Waals surface area contributed by atoms with E-state index in [0.717, 1.165) is 29.4 Å². The Bertz CT molecular complexity index is 1120. The molecule has 0 aliphatic carbocycles. The Kier molecular flexibility index (Phi) is 4.58. The first-order valence-electron chi connectivity index (χ1n) is 9.02. The fourth-order valence-electron chi connectivity index (χ4n) is 3.61. The van der Waals surface area contributed by atoms with Crippen LogP contribution in [0.15, 0.2) is 53.4 Å². The number of hydrogen-bond acceptors (Lipinski definition) is 6. The van der Waals surface area contributed by atoms with E-state index in [9.17, 15) is 4.79 Å². The number of carbonyl (C=O) groups excluding carboxylic acids is 1. The van der Waals surface area contributed by atoms with Crippen LogP contribution in [-0.4, -0.2) is 27.3 Å². The molecule has 28 heavy (non-hydrogen) atoms. The van der Waals surface area contributed by atoms with Gasteiger partial charge in [-0.05, 0) is 53.9 Å². The van der Waals surface area contributed by atoms with Gasteiger partial charge in [0.2, 0.25) is 0 Å². The minimum Gasteiger partial charge on any atom is -0.326 e. The molecule has 5 rings (SSSR count). The number of aryl methyl sites for hydroxylation is 1. The van der Waals surface area contributed by atoms with Crippen molar-refractivity contribution in [3.8, 4) is 10.7 Å². The average Bonchev–Trinajstić information content (AvgIpc) is 3.48. The highest BCUT2D eigenvalue weighted by Crippen LogP contribution is 2.41. The van der Waals surface area contributed by atoms with Crippen LogP contribution in [0.4, 0.5) is 0 Å². The van der Waals surface area contributed by atoms with Crippen molar-refractivity contribution in [1.29, 1.82) is 0 Å². The van der Waals surface area contributed by atoms with Crippen molar-refractivity contribution in [2.45, 2.75) is 19.4 Å². The second-order valence-corrected chi connectivity index (χ2v) is 9.59. The monoisotopic (exact) mass is 423 g/mol. The summed E-state index contributed by atoms with van der Waals surface area (Å²) in [5.41, 5.74) is 2.85. The summed E-state index contributed by atoms with van der Waals surface area (Å²) in [4.78, 5) is 27.9. The van der Waals surface area contributed by atoms with Crippen LogP contribution in [0.3, 0.4) is 0 Å². The molecular weight excluding hydrogens is 406 g/mol. The van der Waals surface area contributed by atoms with Crippen molar-refractivity contribution in [3.05, 3.63) is 79.2 Å². The van der Waals surface area contributed by atoms with Crippen molar-refractivity contribution in [3.63, 3.8) is 0 Å². The maximum Gasteiger partial charge on any atom is 0.266 e. The summed E-state index contributed by atoms with van der Waals surface area (Å²) >= 11 is 4.93. The molecule has 0 aromatic carbocycles. The van der Waals surface area contributed by atoms with E-state index in [2.05, 4.69) is 38.9 Å². The fraction of sp³-hybridized carbons (Fsp3) is 0.190. The van der Waals surface area contributed by atoms with Crippen molar-refractivity contribution in [2.75, 3.05) is 6.54 Å². The first-order chi connectivity index (χ1) is 13.7. The number of aromatic nitrogens is 2. The van der Waals surface area contributed by atoms with Gasteiger partial charge in [-0.15, -0.1) is 34.0 Å². The highest BCUT2D eigenvalue weighted by Gasteiger charge is 2.35. The maximum absolute atomic E-state index is 13.6. The van der Waals surface area contributed by atoms with E-state index in [0.29, 0.717) is 4.88 Å². The van der Waals surface area contributed by atoms with Crippen molar-refractivity contribution in [1.82, 2.24) is 14.9 Å². The Morgan fingerprint density at radius 2 is 2.07 bits per heavy atom. The van der Waals surface area contributed by atoms with Gasteiger partial charge in [-0.3, -0.25) is 9.78 Å². The lowest BCUT2D eigenvalue weighted by atomic mass is 9.98. The van der Waals surface area contributed by atoms with Gasteiger partial charge in [0.05, 0.1) is 17.4 Å². The smallest absolute Gasteiger partial charge is 0.266 e. The molecule has 7 heteroatoms. The lowest BCUT2D eigenvalue weighted by molar-refractivity contribution is 0.0703. The first-order valence-corrected chi connectivity index (χ1v) is 11.6. The number of amides is 1. The van der Waals surface area contributed by atoms with Crippen molar-refractivity contribution in [2.24, 2.45) is 0 Å². The Labute approximate surface area is 175 Å². The molecule has 1 aliphatic heterocycles. The van der Waals surface area contributed by atoms with Crippen LogP contribution in [-0.2, 0) is 6.42 Å². The number of hydrogen-bond donors (Lipinski definition) is 0.